The van der Waals surface area contributed by atoms with Crippen molar-refractivity contribution in [1.82, 2.24) is 14.8 Å². The van der Waals surface area contributed by atoms with Gasteiger partial charge in [0, 0.05) is 27.6 Å². The molecule has 3 aromatic rings. The number of ketones is 1. The maximum atomic E-state index is 12.4. The topological polar surface area (TPSA) is 47.8 Å². The van der Waals surface area contributed by atoms with Gasteiger partial charge in [0.2, 0.25) is 0 Å². The molecule has 0 bridgehead atoms. The largest absolute Gasteiger partial charge is 0.292 e. The molecule has 0 aliphatic carbocycles. The fourth-order valence-corrected chi connectivity index (χ4v) is 3.48. The van der Waals surface area contributed by atoms with Crippen LogP contribution < -0.4 is 0 Å². The van der Waals surface area contributed by atoms with E-state index in [0.717, 1.165) is 21.1 Å². The number of aryl methyl sites for hydroxylation is 1. The van der Waals surface area contributed by atoms with E-state index in [0.29, 0.717) is 10.2 Å². The first-order valence-electron chi connectivity index (χ1n) is 6.31. The summed E-state index contributed by atoms with van der Waals surface area (Å²) in [5, 5.41) is 5.45. The second-order valence-electron chi connectivity index (χ2n) is 4.67. The third-order valence-corrected chi connectivity index (χ3v) is 4.27. The van der Waals surface area contributed by atoms with Crippen LogP contribution in [0.15, 0.2) is 45.5 Å². The molecule has 0 N–H and O–H groups in total. The fraction of sp³-hybridized carbons (Fsp3) is 0.133. The van der Waals surface area contributed by atoms with Crippen LogP contribution in [0.3, 0.4) is 0 Å². The molecular formula is C15H11Br2N3O. The van der Waals surface area contributed by atoms with Gasteiger partial charge in [-0.3, -0.25) is 14.5 Å². The minimum atomic E-state index is -0.0572. The Morgan fingerprint density at radius 3 is 2.81 bits per heavy atom. The van der Waals surface area contributed by atoms with E-state index in [1.807, 2.05) is 37.4 Å². The Hall–Kier alpha value is -1.53. The van der Waals surface area contributed by atoms with Gasteiger partial charge in [-0.1, -0.05) is 18.2 Å². The minimum Gasteiger partial charge on any atom is -0.292 e. The number of benzene rings is 1. The number of rotatable bonds is 3. The highest BCUT2D eigenvalue weighted by Gasteiger charge is 2.17. The van der Waals surface area contributed by atoms with E-state index in [-0.39, 0.29) is 12.2 Å². The van der Waals surface area contributed by atoms with Gasteiger partial charge in [-0.25, -0.2) is 0 Å². The fourth-order valence-electron chi connectivity index (χ4n) is 2.27. The maximum absolute atomic E-state index is 12.4. The molecular weight excluding hydrogens is 398 g/mol. The Morgan fingerprint density at radius 1 is 1.29 bits per heavy atom. The molecule has 0 saturated heterocycles. The normalized spacial score (nSPS) is 11.0. The molecule has 21 heavy (non-hydrogen) atoms. The molecule has 1 aromatic carbocycles. The van der Waals surface area contributed by atoms with Gasteiger partial charge in [-0.2, -0.15) is 5.10 Å². The number of aromatic nitrogens is 3. The first-order chi connectivity index (χ1) is 10.1. The second-order valence-corrected chi connectivity index (χ2v) is 6.44. The molecule has 0 atom stereocenters. The minimum absolute atomic E-state index is 0.0572. The van der Waals surface area contributed by atoms with E-state index in [9.17, 15) is 4.79 Å². The number of Topliss-reactive ketones (excluding diaryl/α,β-unsaturated/α-hetero) is 1. The molecule has 3 rings (SSSR count). The molecule has 0 fully saturated rings. The van der Waals surface area contributed by atoms with Crippen molar-refractivity contribution in [2.75, 3.05) is 0 Å². The second kappa shape index (κ2) is 5.69. The van der Waals surface area contributed by atoms with Crippen LogP contribution in [0.4, 0.5) is 0 Å². The summed E-state index contributed by atoms with van der Waals surface area (Å²) in [4.78, 5) is 16.6. The van der Waals surface area contributed by atoms with Gasteiger partial charge in [0.1, 0.15) is 5.69 Å². The first kappa shape index (κ1) is 14.4. The summed E-state index contributed by atoms with van der Waals surface area (Å²) in [6.45, 7) is 0. The van der Waals surface area contributed by atoms with Gasteiger partial charge in [0.15, 0.2) is 5.78 Å². The van der Waals surface area contributed by atoms with E-state index in [4.69, 9.17) is 0 Å². The number of halogens is 2. The van der Waals surface area contributed by atoms with Crippen LogP contribution in [-0.2, 0) is 13.5 Å². The van der Waals surface area contributed by atoms with E-state index in [1.54, 1.807) is 10.9 Å². The molecule has 106 valence electrons. The van der Waals surface area contributed by atoms with Crippen molar-refractivity contribution in [3.63, 3.8) is 0 Å². The number of nitrogens with zero attached hydrogens (tertiary/aromatic N) is 3. The Bertz CT molecular complexity index is 842. The number of carbonyl (C=O) groups excluding carboxylic acids is 1. The highest BCUT2D eigenvalue weighted by molar-refractivity contribution is 9.11. The Labute approximate surface area is 138 Å². The summed E-state index contributed by atoms with van der Waals surface area (Å²) < 4.78 is 3.30. The average Bonchev–Trinajstić information content (AvgIpc) is 2.76. The van der Waals surface area contributed by atoms with Crippen molar-refractivity contribution >= 4 is 48.5 Å². The summed E-state index contributed by atoms with van der Waals surface area (Å²) in [7, 11) is 1.88. The van der Waals surface area contributed by atoms with Crippen LogP contribution in [0.25, 0.3) is 10.9 Å². The molecule has 0 amide bonds. The van der Waals surface area contributed by atoms with Crippen LogP contribution in [0, 0.1) is 0 Å². The van der Waals surface area contributed by atoms with Gasteiger partial charge >= 0.3 is 0 Å². The van der Waals surface area contributed by atoms with Crippen molar-refractivity contribution in [1.29, 1.82) is 0 Å². The van der Waals surface area contributed by atoms with Crippen LogP contribution >= 0.6 is 31.9 Å². The Balaban J connectivity index is 1.97. The summed E-state index contributed by atoms with van der Waals surface area (Å²) >= 11 is 6.71. The SMILES string of the molecule is Cn1nc(CC(=O)c2ncc(Br)cc2Br)c2ccccc21. The number of hydrogen-bond donors (Lipinski definition) is 0. The predicted octanol–water partition coefficient (Wildman–Crippen LogP) is 3.92. The molecule has 0 saturated carbocycles. The number of pyridine rings is 1. The van der Waals surface area contributed by atoms with Gasteiger partial charge in [0.25, 0.3) is 0 Å². The van der Waals surface area contributed by atoms with Crippen LogP contribution in [0.1, 0.15) is 16.2 Å². The molecule has 6 heteroatoms. The molecule has 0 aliphatic heterocycles. The van der Waals surface area contributed by atoms with Crippen molar-refractivity contribution in [3.05, 3.63) is 56.9 Å². The summed E-state index contributed by atoms with van der Waals surface area (Å²) in [5.74, 6) is -0.0572. The van der Waals surface area contributed by atoms with E-state index < -0.39 is 0 Å². The zero-order valence-electron chi connectivity index (χ0n) is 11.2. The quantitative estimate of drug-likeness (QED) is 0.617. The van der Waals surface area contributed by atoms with Gasteiger partial charge < -0.3 is 0 Å². The number of hydrogen-bond acceptors (Lipinski definition) is 3. The Morgan fingerprint density at radius 2 is 2.05 bits per heavy atom. The van der Waals surface area contributed by atoms with Gasteiger partial charge in [0.05, 0.1) is 17.6 Å². The highest BCUT2D eigenvalue weighted by atomic mass is 79.9. The molecule has 0 unspecified atom stereocenters. The highest BCUT2D eigenvalue weighted by Crippen LogP contribution is 2.23. The average molecular weight is 409 g/mol. The lowest BCUT2D eigenvalue weighted by Crippen LogP contribution is -2.08. The third-order valence-electron chi connectivity index (χ3n) is 3.23. The molecule has 2 heterocycles. The van der Waals surface area contributed by atoms with Crippen molar-refractivity contribution in [3.8, 4) is 0 Å². The molecule has 0 radical (unpaired) electrons. The number of carbonyl (C=O) groups is 1. The Kier molecular flexibility index (Phi) is 3.91. The third kappa shape index (κ3) is 2.78. The van der Waals surface area contributed by atoms with E-state index in [1.165, 1.54) is 0 Å². The first-order valence-corrected chi connectivity index (χ1v) is 7.89. The van der Waals surface area contributed by atoms with Crippen LogP contribution in [0.5, 0.6) is 0 Å². The van der Waals surface area contributed by atoms with Crippen molar-refractivity contribution in [2.24, 2.45) is 7.05 Å². The summed E-state index contributed by atoms with van der Waals surface area (Å²) in [6.07, 6.45) is 1.85. The predicted molar refractivity (Wildman–Crippen MR) is 88.4 cm³/mol. The van der Waals surface area contributed by atoms with Crippen molar-refractivity contribution in [2.45, 2.75) is 6.42 Å². The lowest BCUT2D eigenvalue weighted by Gasteiger charge is -2.02. The lowest BCUT2D eigenvalue weighted by atomic mass is 10.1. The van der Waals surface area contributed by atoms with Crippen LogP contribution in [-0.4, -0.2) is 20.5 Å². The molecule has 4 nitrogen and oxygen atoms in total. The summed E-state index contributed by atoms with van der Waals surface area (Å²) in [5.41, 5.74) is 2.21. The number of fused-ring (bicyclic) bond motifs is 1. The zero-order valence-corrected chi connectivity index (χ0v) is 14.3. The monoisotopic (exact) mass is 407 g/mol. The molecule has 0 spiro atoms. The van der Waals surface area contributed by atoms with Gasteiger partial charge in [-0.15, -0.1) is 0 Å². The smallest absolute Gasteiger partial charge is 0.188 e. The molecule has 2 aromatic heterocycles. The van der Waals surface area contributed by atoms with E-state index >= 15 is 0 Å². The van der Waals surface area contributed by atoms with Gasteiger partial charge in [-0.05, 0) is 44.0 Å². The maximum Gasteiger partial charge on any atom is 0.188 e. The number of para-hydroxylation sites is 1. The lowest BCUT2D eigenvalue weighted by molar-refractivity contribution is 0.0986. The van der Waals surface area contributed by atoms with Crippen LogP contribution in [0.2, 0.25) is 0 Å². The molecule has 0 aliphatic rings. The standard InChI is InChI=1S/C15H11Br2N3O/c1-20-13-5-3-2-4-10(13)12(19-20)7-14(21)15-11(17)6-9(16)8-18-15/h2-6,8H,7H2,1H3. The van der Waals surface area contributed by atoms with E-state index in [2.05, 4.69) is 41.9 Å². The van der Waals surface area contributed by atoms with Crippen molar-refractivity contribution < 1.29 is 4.79 Å². The zero-order chi connectivity index (χ0) is 15.0. The summed E-state index contributed by atoms with van der Waals surface area (Å²) in [6, 6.07) is 9.70.